The van der Waals surface area contributed by atoms with Crippen LogP contribution in [0.5, 0.6) is 0 Å². The summed E-state index contributed by atoms with van der Waals surface area (Å²) in [6.07, 6.45) is 3.42. The molecule has 1 heteroatoms. The maximum absolute atomic E-state index is 2.37. The summed E-state index contributed by atoms with van der Waals surface area (Å²) in [4.78, 5) is 0. The molecule has 0 saturated heterocycles. The molecule has 2 heterocycles. The number of pyridine rings is 1. The highest BCUT2D eigenvalue weighted by Crippen LogP contribution is 2.49. The van der Waals surface area contributed by atoms with Gasteiger partial charge in [-0.05, 0) is 35.6 Å². The van der Waals surface area contributed by atoms with Crippen LogP contribution in [0.4, 0.5) is 0 Å². The third-order valence-electron chi connectivity index (χ3n) is 3.95. The molecule has 84 valence electrons. The molecule has 0 aromatic carbocycles. The largest absolute Gasteiger partial charge is 0.320 e. The number of nitrogens with zero attached hydrogens (tertiary/aromatic N) is 1. The molecule has 1 aliphatic rings. The van der Waals surface area contributed by atoms with Crippen molar-refractivity contribution in [3.8, 4) is 0 Å². The lowest BCUT2D eigenvalue weighted by molar-refractivity contribution is 0.398. The van der Waals surface area contributed by atoms with Crippen molar-refractivity contribution in [1.82, 2.24) is 4.40 Å². The normalized spacial score (nSPS) is 21.2. The van der Waals surface area contributed by atoms with Gasteiger partial charge in [0.15, 0.2) is 0 Å². The van der Waals surface area contributed by atoms with Gasteiger partial charge in [-0.3, -0.25) is 0 Å². The van der Waals surface area contributed by atoms with Gasteiger partial charge in [0.2, 0.25) is 0 Å². The van der Waals surface area contributed by atoms with Crippen molar-refractivity contribution in [3.63, 3.8) is 0 Å². The first-order valence-electron chi connectivity index (χ1n) is 6.03. The molecule has 1 aliphatic carbocycles. The zero-order valence-corrected chi connectivity index (χ0v) is 10.5. The Morgan fingerprint density at radius 2 is 1.75 bits per heavy atom. The van der Waals surface area contributed by atoms with Gasteiger partial charge in [-0.1, -0.05) is 33.8 Å². The molecule has 0 fully saturated rings. The van der Waals surface area contributed by atoms with Crippen molar-refractivity contribution in [3.05, 3.63) is 41.7 Å². The summed E-state index contributed by atoms with van der Waals surface area (Å²) in [5.41, 5.74) is 4.90. The van der Waals surface area contributed by atoms with Crippen LogP contribution in [-0.2, 0) is 10.8 Å². The molecular weight excluding hydrogens is 194 g/mol. The van der Waals surface area contributed by atoms with Gasteiger partial charge >= 0.3 is 0 Å². The quantitative estimate of drug-likeness (QED) is 0.625. The Morgan fingerprint density at radius 1 is 1.00 bits per heavy atom. The lowest BCUT2D eigenvalue weighted by Crippen LogP contribution is -2.19. The van der Waals surface area contributed by atoms with Crippen LogP contribution in [0.3, 0.4) is 0 Å². The van der Waals surface area contributed by atoms with Crippen LogP contribution >= 0.6 is 0 Å². The standard InChI is InChI=1S/C15H19N/c1-14(2)10-15(3,4)13-12(14)8-7-11-6-5-9-16(11)13/h5-9H,10H2,1-4H3. The van der Waals surface area contributed by atoms with E-state index in [2.05, 4.69) is 62.6 Å². The van der Waals surface area contributed by atoms with Gasteiger partial charge in [0.1, 0.15) is 0 Å². The number of aromatic nitrogens is 1. The molecule has 2 aromatic heterocycles. The highest BCUT2D eigenvalue weighted by atomic mass is 14.9. The van der Waals surface area contributed by atoms with Gasteiger partial charge < -0.3 is 4.40 Å². The number of hydrogen-bond donors (Lipinski definition) is 0. The van der Waals surface area contributed by atoms with E-state index < -0.39 is 0 Å². The molecular formula is C15H19N. The smallest absolute Gasteiger partial charge is 0.0453 e. The Hall–Kier alpha value is -1.24. The van der Waals surface area contributed by atoms with Crippen molar-refractivity contribution in [2.45, 2.75) is 44.9 Å². The minimum atomic E-state index is 0.275. The van der Waals surface area contributed by atoms with E-state index in [1.54, 1.807) is 0 Å². The lowest BCUT2D eigenvalue weighted by atomic mass is 9.82. The van der Waals surface area contributed by atoms with Crippen LogP contribution in [0.25, 0.3) is 5.52 Å². The zero-order valence-electron chi connectivity index (χ0n) is 10.5. The van der Waals surface area contributed by atoms with Crippen LogP contribution in [0.2, 0.25) is 0 Å². The summed E-state index contributed by atoms with van der Waals surface area (Å²) in [5.74, 6) is 0. The first kappa shape index (κ1) is 9.95. The van der Waals surface area contributed by atoms with Crippen LogP contribution in [0, 0.1) is 0 Å². The number of rotatable bonds is 0. The summed E-state index contributed by atoms with van der Waals surface area (Å²) in [5, 5.41) is 0. The van der Waals surface area contributed by atoms with Gasteiger partial charge in [-0.25, -0.2) is 0 Å². The van der Waals surface area contributed by atoms with Crippen LogP contribution < -0.4 is 0 Å². The predicted octanol–water partition coefficient (Wildman–Crippen LogP) is 3.90. The van der Waals surface area contributed by atoms with E-state index in [0.29, 0.717) is 5.41 Å². The number of fused-ring (bicyclic) bond motifs is 3. The maximum Gasteiger partial charge on any atom is 0.0453 e. The van der Waals surface area contributed by atoms with Crippen molar-refractivity contribution in [1.29, 1.82) is 0 Å². The molecule has 1 nitrogen and oxygen atoms in total. The summed E-state index contributed by atoms with van der Waals surface area (Å²) in [6.45, 7) is 9.44. The summed E-state index contributed by atoms with van der Waals surface area (Å²) < 4.78 is 2.37. The van der Waals surface area contributed by atoms with E-state index in [1.165, 1.54) is 23.2 Å². The molecule has 3 rings (SSSR count). The van der Waals surface area contributed by atoms with Crippen LogP contribution in [-0.4, -0.2) is 4.40 Å². The predicted molar refractivity (Wildman–Crippen MR) is 68.1 cm³/mol. The average Bonchev–Trinajstić information content (AvgIpc) is 2.66. The molecule has 0 unspecified atom stereocenters. The summed E-state index contributed by atoms with van der Waals surface area (Å²) in [7, 11) is 0. The molecule has 16 heavy (non-hydrogen) atoms. The fourth-order valence-electron chi connectivity index (χ4n) is 3.63. The van der Waals surface area contributed by atoms with Gasteiger partial charge in [-0.2, -0.15) is 0 Å². The minimum Gasteiger partial charge on any atom is -0.320 e. The van der Waals surface area contributed by atoms with E-state index >= 15 is 0 Å². The molecule has 0 bridgehead atoms. The number of hydrogen-bond acceptors (Lipinski definition) is 0. The Labute approximate surface area is 97.1 Å². The second kappa shape index (κ2) is 2.71. The molecule has 0 N–H and O–H groups in total. The van der Waals surface area contributed by atoms with E-state index in [-0.39, 0.29) is 5.41 Å². The van der Waals surface area contributed by atoms with Crippen LogP contribution in [0.1, 0.15) is 45.4 Å². The molecule has 0 spiro atoms. The Morgan fingerprint density at radius 3 is 2.50 bits per heavy atom. The third kappa shape index (κ3) is 1.12. The molecule has 0 aliphatic heterocycles. The second-order valence-corrected chi connectivity index (χ2v) is 6.34. The average molecular weight is 213 g/mol. The van der Waals surface area contributed by atoms with Crippen molar-refractivity contribution in [2.75, 3.05) is 0 Å². The van der Waals surface area contributed by atoms with Crippen molar-refractivity contribution >= 4 is 5.52 Å². The first-order valence-corrected chi connectivity index (χ1v) is 6.03. The molecule has 2 aromatic rings. The molecule has 0 radical (unpaired) electrons. The zero-order chi connectivity index (χ0) is 11.6. The Bertz CT molecular complexity index is 558. The van der Waals surface area contributed by atoms with Crippen LogP contribution in [0.15, 0.2) is 30.5 Å². The maximum atomic E-state index is 2.37. The molecule has 0 amide bonds. The fourth-order valence-corrected chi connectivity index (χ4v) is 3.63. The SMILES string of the molecule is CC1(C)CC(C)(C)c2c1ccc1cccn21. The van der Waals surface area contributed by atoms with Crippen molar-refractivity contribution < 1.29 is 0 Å². The Balaban J connectivity index is 2.44. The Kier molecular flexibility index (Phi) is 1.68. The highest BCUT2D eigenvalue weighted by Gasteiger charge is 2.43. The van der Waals surface area contributed by atoms with E-state index in [0.717, 1.165) is 0 Å². The lowest BCUT2D eigenvalue weighted by Gasteiger charge is -2.22. The van der Waals surface area contributed by atoms with Gasteiger partial charge in [0, 0.05) is 22.8 Å². The van der Waals surface area contributed by atoms with E-state index in [4.69, 9.17) is 0 Å². The first-order chi connectivity index (χ1) is 7.42. The van der Waals surface area contributed by atoms with Gasteiger partial charge in [0.25, 0.3) is 0 Å². The summed E-state index contributed by atoms with van der Waals surface area (Å²) >= 11 is 0. The molecule has 0 atom stereocenters. The highest BCUT2D eigenvalue weighted by molar-refractivity contribution is 5.55. The monoisotopic (exact) mass is 213 g/mol. The van der Waals surface area contributed by atoms with Crippen molar-refractivity contribution in [2.24, 2.45) is 0 Å². The fraction of sp³-hybridized carbons (Fsp3) is 0.467. The van der Waals surface area contributed by atoms with Gasteiger partial charge in [-0.15, -0.1) is 0 Å². The minimum absolute atomic E-state index is 0.275. The summed E-state index contributed by atoms with van der Waals surface area (Å²) in [6, 6.07) is 8.88. The van der Waals surface area contributed by atoms with Gasteiger partial charge in [0.05, 0.1) is 0 Å². The van der Waals surface area contributed by atoms with E-state index in [9.17, 15) is 0 Å². The third-order valence-corrected chi connectivity index (χ3v) is 3.95. The van der Waals surface area contributed by atoms with E-state index in [1.807, 2.05) is 0 Å². The topological polar surface area (TPSA) is 4.41 Å². The molecule has 0 saturated carbocycles. The second-order valence-electron chi connectivity index (χ2n) is 6.34.